The quantitative estimate of drug-likeness (QED) is 0.339. The Hall–Kier alpha value is -2.40. The largest absolute Gasteiger partial charge is 0.279 e. The normalized spacial score (nSPS) is 11.0. The van der Waals surface area contributed by atoms with Gasteiger partial charge in [-0.1, -0.05) is 70.9 Å². The Morgan fingerprint density at radius 2 is 1.79 bits per heavy atom. The number of amides is 1. The van der Waals surface area contributed by atoms with Crippen molar-refractivity contribution in [3.05, 3.63) is 93.0 Å². The molecule has 3 nitrogen and oxygen atoms in total. The van der Waals surface area contributed by atoms with Gasteiger partial charge in [0, 0.05) is 5.02 Å². The van der Waals surface area contributed by atoms with Crippen molar-refractivity contribution in [3.63, 3.8) is 0 Å². The van der Waals surface area contributed by atoms with Gasteiger partial charge in [-0.05, 0) is 54.8 Å². The molecule has 6 heteroatoms. The van der Waals surface area contributed by atoms with Crippen LogP contribution in [-0.2, 0) is 6.54 Å². The summed E-state index contributed by atoms with van der Waals surface area (Å²) in [5.74, 6) is -0.205. The predicted molar refractivity (Wildman–Crippen MR) is 123 cm³/mol. The number of aryl methyl sites for hydroxylation is 2. The summed E-state index contributed by atoms with van der Waals surface area (Å²) in [5.41, 5.74) is 4.61. The number of rotatable bonds is 4. The average Bonchev–Trinajstić information content (AvgIpc) is 3.10. The summed E-state index contributed by atoms with van der Waals surface area (Å²) in [6.45, 7) is 4.51. The zero-order valence-corrected chi connectivity index (χ0v) is 18.3. The first-order valence-electron chi connectivity index (χ1n) is 9.11. The van der Waals surface area contributed by atoms with Crippen molar-refractivity contribution < 1.29 is 4.79 Å². The fourth-order valence-corrected chi connectivity index (χ4v) is 4.78. The van der Waals surface area contributed by atoms with Crippen LogP contribution in [0.2, 0.25) is 10.0 Å². The third-order valence-corrected chi connectivity index (χ3v) is 6.41. The molecule has 3 aromatic carbocycles. The van der Waals surface area contributed by atoms with Gasteiger partial charge in [0.15, 0.2) is 5.13 Å². The Labute approximate surface area is 183 Å². The van der Waals surface area contributed by atoms with Crippen LogP contribution in [0.3, 0.4) is 0 Å². The summed E-state index contributed by atoms with van der Waals surface area (Å²) < 4.78 is 1.08. The third kappa shape index (κ3) is 4.15. The minimum atomic E-state index is -0.205. The summed E-state index contributed by atoms with van der Waals surface area (Å²) in [7, 11) is 0. The second kappa shape index (κ2) is 8.15. The fraction of sp³-hybridized carbons (Fsp3) is 0.130. The van der Waals surface area contributed by atoms with Crippen LogP contribution in [0.4, 0.5) is 5.13 Å². The van der Waals surface area contributed by atoms with Gasteiger partial charge in [0.05, 0.1) is 27.3 Å². The first-order chi connectivity index (χ1) is 13.9. The maximum Gasteiger partial charge on any atom is 0.261 e. The molecule has 4 aromatic rings. The summed E-state index contributed by atoms with van der Waals surface area (Å²) in [4.78, 5) is 19.9. The highest BCUT2D eigenvalue weighted by molar-refractivity contribution is 7.22. The molecule has 29 heavy (non-hydrogen) atoms. The van der Waals surface area contributed by atoms with Crippen molar-refractivity contribution in [2.45, 2.75) is 20.4 Å². The molecule has 0 unspecified atom stereocenters. The smallest absolute Gasteiger partial charge is 0.261 e. The lowest BCUT2D eigenvalue weighted by molar-refractivity contribution is 0.0985. The highest BCUT2D eigenvalue weighted by atomic mass is 35.5. The number of fused-ring (bicyclic) bond motifs is 1. The van der Waals surface area contributed by atoms with E-state index in [1.807, 2.05) is 43.3 Å². The molecule has 0 saturated heterocycles. The molecule has 1 amide bonds. The zero-order chi connectivity index (χ0) is 20.5. The van der Waals surface area contributed by atoms with Crippen molar-refractivity contribution in [1.82, 2.24) is 4.98 Å². The third-order valence-electron chi connectivity index (χ3n) is 4.63. The maximum absolute atomic E-state index is 13.5. The maximum atomic E-state index is 13.5. The number of carbonyl (C=O) groups is 1. The summed E-state index contributed by atoms with van der Waals surface area (Å²) in [5, 5.41) is 1.47. The Morgan fingerprint density at radius 3 is 2.52 bits per heavy atom. The number of carbonyl (C=O) groups excluding carboxylic acids is 1. The standard InChI is InChI=1S/C23H18Cl2N2OS/c1-14-10-15(2)21-20(11-14)26-23(29-21)27(13-16-6-4-3-5-7-16)22(28)18-9-8-17(24)12-19(18)25/h3-12H,13H2,1-2H3. The van der Waals surface area contributed by atoms with Crippen LogP contribution >= 0.6 is 34.5 Å². The molecule has 1 aromatic heterocycles. The molecule has 0 spiro atoms. The van der Waals surface area contributed by atoms with E-state index in [-0.39, 0.29) is 5.91 Å². The van der Waals surface area contributed by atoms with Crippen molar-refractivity contribution in [2.75, 3.05) is 4.90 Å². The topological polar surface area (TPSA) is 33.2 Å². The van der Waals surface area contributed by atoms with Gasteiger partial charge in [0.1, 0.15) is 0 Å². The fourth-order valence-electron chi connectivity index (χ4n) is 3.28. The average molecular weight is 441 g/mol. The lowest BCUT2D eigenvalue weighted by Crippen LogP contribution is -2.30. The number of nitrogens with zero attached hydrogens (tertiary/aromatic N) is 2. The van der Waals surface area contributed by atoms with Crippen molar-refractivity contribution in [3.8, 4) is 0 Å². The van der Waals surface area contributed by atoms with Crippen LogP contribution in [0, 0.1) is 13.8 Å². The van der Waals surface area contributed by atoms with Gasteiger partial charge < -0.3 is 0 Å². The number of hydrogen-bond acceptors (Lipinski definition) is 3. The summed E-state index contributed by atoms with van der Waals surface area (Å²) in [6, 6.07) is 18.9. The van der Waals surface area contributed by atoms with E-state index >= 15 is 0 Å². The Balaban J connectivity index is 1.82. The van der Waals surface area contributed by atoms with E-state index < -0.39 is 0 Å². The van der Waals surface area contributed by atoms with Gasteiger partial charge in [-0.3, -0.25) is 9.69 Å². The van der Waals surface area contributed by atoms with E-state index in [2.05, 4.69) is 13.0 Å². The lowest BCUT2D eigenvalue weighted by Gasteiger charge is -2.20. The Kier molecular flexibility index (Phi) is 5.59. The number of benzene rings is 3. The van der Waals surface area contributed by atoms with E-state index in [1.165, 1.54) is 11.3 Å². The zero-order valence-electron chi connectivity index (χ0n) is 15.9. The second-order valence-corrected chi connectivity index (χ2v) is 8.75. The van der Waals surface area contributed by atoms with E-state index in [0.717, 1.165) is 26.9 Å². The first-order valence-corrected chi connectivity index (χ1v) is 10.7. The Bertz CT molecular complexity index is 1200. The molecular weight excluding hydrogens is 423 g/mol. The molecule has 0 aliphatic heterocycles. The number of aromatic nitrogens is 1. The van der Waals surface area contributed by atoms with Gasteiger partial charge in [-0.25, -0.2) is 4.98 Å². The first kappa shape index (κ1) is 19.9. The van der Waals surface area contributed by atoms with Crippen LogP contribution in [0.15, 0.2) is 60.7 Å². The molecule has 0 atom stereocenters. The second-order valence-electron chi connectivity index (χ2n) is 6.93. The molecule has 0 N–H and O–H groups in total. The van der Waals surface area contributed by atoms with Crippen LogP contribution in [0.1, 0.15) is 27.0 Å². The molecule has 0 fully saturated rings. The molecule has 146 valence electrons. The van der Waals surface area contributed by atoms with Gasteiger partial charge in [0.25, 0.3) is 5.91 Å². The monoisotopic (exact) mass is 440 g/mol. The van der Waals surface area contributed by atoms with Crippen LogP contribution in [0.5, 0.6) is 0 Å². The van der Waals surface area contributed by atoms with Crippen LogP contribution < -0.4 is 4.90 Å². The van der Waals surface area contributed by atoms with Crippen molar-refractivity contribution in [1.29, 1.82) is 0 Å². The predicted octanol–water partition coefficient (Wildman–Crippen LogP) is 7.07. The Morgan fingerprint density at radius 1 is 1.03 bits per heavy atom. The van der Waals surface area contributed by atoms with Crippen molar-refractivity contribution >= 4 is 55.8 Å². The van der Waals surface area contributed by atoms with Gasteiger partial charge in [-0.15, -0.1) is 0 Å². The molecule has 0 radical (unpaired) electrons. The van der Waals surface area contributed by atoms with Gasteiger partial charge in [0.2, 0.25) is 0 Å². The van der Waals surface area contributed by atoms with Gasteiger partial charge in [-0.2, -0.15) is 0 Å². The van der Waals surface area contributed by atoms with E-state index in [9.17, 15) is 4.79 Å². The molecule has 0 saturated carbocycles. The van der Waals surface area contributed by atoms with Crippen LogP contribution in [0.25, 0.3) is 10.2 Å². The van der Waals surface area contributed by atoms with Crippen molar-refractivity contribution in [2.24, 2.45) is 0 Å². The molecule has 1 heterocycles. The summed E-state index contributed by atoms with van der Waals surface area (Å²) >= 11 is 13.9. The minimum absolute atomic E-state index is 0.205. The molecular formula is C23H18Cl2N2OS. The number of hydrogen-bond donors (Lipinski definition) is 0. The highest BCUT2D eigenvalue weighted by Gasteiger charge is 2.24. The molecule has 0 aliphatic carbocycles. The number of halogens is 2. The summed E-state index contributed by atoms with van der Waals surface area (Å²) in [6.07, 6.45) is 0. The minimum Gasteiger partial charge on any atom is -0.279 e. The lowest BCUT2D eigenvalue weighted by atomic mass is 10.1. The molecule has 0 aliphatic rings. The van der Waals surface area contributed by atoms with E-state index in [0.29, 0.717) is 27.3 Å². The van der Waals surface area contributed by atoms with Gasteiger partial charge >= 0.3 is 0 Å². The number of thiazole rings is 1. The van der Waals surface area contributed by atoms with E-state index in [1.54, 1.807) is 23.1 Å². The molecule has 0 bridgehead atoms. The molecule has 4 rings (SSSR count). The SMILES string of the molecule is Cc1cc(C)c2sc(N(Cc3ccccc3)C(=O)c3ccc(Cl)cc3Cl)nc2c1. The van der Waals surface area contributed by atoms with Crippen LogP contribution in [-0.4, -0.2) is 10.9 Å². The van der Waals surface area contributed by atoms with E-state index in [4.69, 9.17) is 28.2 Å². The number of anilines is 1. The highest BCUT2D eigenvalue weighted by Crippen LogP contribution is 2.34.